The summed E-state index contributed by atoms with van der Waals surface area (Å²) in [5.41, 5.74) is 0.542. The zero-order valence-electron chi connectivity index (χ0n) is 20.2. The third kappa shape index (κ3) is 7.18. The van der Waals surface area contributed by atoms with E-state index >= 15 is 0 Å². The quantitative estimate of drug-likeness (QED) is 0.240. The maximum Gasteiger partial charge on any atom is 0.416 e. The molecule has 0 aliphatic carbocycles. The van der Waals surface area contributed by atoms with Crippen LogP contribution >= 0.6 is 0 Å². The number of rotatable bonds is 6. The van der Waals surface area contributed by atoms with Gasteiger partial charge < -0.3 is 9.64 Å². The predicted octanol–water partition coefficient (Wildman–Crippen LogP) is 7.72. The lowest BCUT2D eigenvalue weighted by Gasteiger charge is -2.31. The highest BCUT2D eigenvalue weighted by atomic mass is 19.4. The molecule has 0 aromatic heterocycles. The minimum absolute atomic E-state index is 0.0381. The Morgan fingerprint density at radius 1 is 0.842 bits per heavy atom. The van der Waals surface area contributed by atoms with Crippen molar-refractivity contribution in [1.29, 1.82) is 0 Å². The Kier molecular flexibility index (Phi) is 8.14. The molecule has 1 aliphatic heterocycles. The van der Waals surface area contributed by atoms with E-state index in [1.807, 2.05) is 0 Å². The SMILES string of the molecule is O=C(/C=C/c1cccc(OCc2ccc(C(F)(F)F)cc2)c1)N1CCC(c2cccc(C(F)(F)F)c2)CC1. The van der Waals surface area contributed by atoms with Crippen LogP contribution in [0.15, 0.2) is 78.9 Å². The van der Waals surface area contributed by atoms with Crippen LogP contribution in [0.1, 0.15) is 46.6 Å². The van der Waals surface area contributed by atoms with Crippen molar-refractivity contribution in [3.05, 3.63) is 107 Å². The molecule has 1 fully saturated rings. The normalized spacial score (nSPS) is 15.2. The summed E-state index contributed by atoms with van der Waals surface area (Å²) in [4.78, 5) is 14.3. The number of nitrogens with zero attached hydrogens (tertiary/aromatic N) is 1. The Morgan fingerprint density at radius 3 is 2.16 bits per heavy atom. The van der Waals surface area contributed by atoms with E-state index in [0.717, 1.165) is 18.2 Å². The van der Waals surface area contributed by atoms with Gasteiger partial charge in [-0.1, -0.05) is 42.5 Å². The molecule has 3 nitrogen and oxygen atoms in total. The number of carbonyl (C=O) groups excluding carboxylic acids is 1. The van der Waals surface area contributed by atoms with E-state index in [1.165, 1.54) is 30.3 Å². The first-order valence-corrected chi connectivity index (χ1v) is 12.0. The first kappa shape index (κ1) is 27.3. The molecule has 1 saturated heterocycles. The molecule has 3 aromatic carbocycles. The average Bonchev–Trinajstić information content (AvgIpc) is 2.90. The van der Waals surface area contributed by atoms with Gasteiger partial charge in [0.1, 0.15) is 12.4 Å². The van der Waals surface area contributed by atoms with Crippen molar-refractivity contribution in [3.63, 3.8) is 0 Å². The van der Waals surface area contributed by atoms with Crippen LogP contribution in [0.2, 0.25) is 0 Å². The number of hydrogen-bond donors (Lipinski definition) is 0. The third-order valence-corrected chi connectivity index (χ3v) is 6.46. The molecule has 200 valence electrons. The smallest absolute Gasteiger partial charge is 0.416 e. The maximum absolute atomic E-state index is 13.0. The molecule has 1 aliphatic rings. The highest BCUT2D eigenvalue weighted by Crippen LogP contribution is 2.34. The van der Waals surface area contributed by atoms with Crippen LogP contribution in [0.3, 0.4) is 0 Å². The van der Waals surface area contributed by atoms with Gasteiger partial charge in [0.05, 0.1) is 11.1 Å². The van der Waals surface area contributed by atoms with Gasteiger partial charge in [-0.25, -0.2) is 0 Å². The fourth-order valence-corrected chi connectivity index (χ4v) is 4.34. The van der Waals surface area contributed by atoms with Crippen molar-refractivity contribution in [1.82, 2.24) is 4.90 Å². The molecule has 1 amide bonds. The van der Waals surface area contributed by atoms with E-state index in [4.69, 9.17) is 4.74 Å². The van der Waals surface area contributed by atoms with Crippen molar-refractivity contribution in [2.24, 2.45) is 0 Å². The average molecular weight is 534 g/mol. The molecule has 0 saturated carbocycles. The lowest BCUT2D eigenvalue weighted by Crippen LogP contribution is -2.36. The van der Waals surface area contributed by atoms with Crippen molar-refractivity contribution >= 4 is 12.0 Å². The fraction of sp³-hybridized carbons (Fsp3) is 0.276. The topological polar surface area (TPSA) is 29.5 Å². The molecule has 0 spiro atoms. The second-order valence-electron chi connectivity index (χ2n) is 9.11. The lowest BCUT2D eigenvalue weighted by atomic mass is 9.88. The predicted molar refractivity (Wildman–Crippen MR) is 131 cm³/mol. The molecule has 38 heavy (non-hydrogen) atoms. The summed E-state index contributed by atoms with van der Waals surface area (Å²) in [5, 5.41) is 0. The van der Waals surface area contributed by atoms with Gasteiger partial charge in [0.15, 0.2) is 0 Å². The summed E-state index contributed by atoms with van der Waals surface area (Å²) in [5.74, 6) is 0.272. The Morgan fingerprint density at radius 2 is 1.50 bits per heavy atom. The molecule has 0 unspecified atom stereocenters. The van der Waals surface area contributed by atoms with Crippen molar-refractivity contribution in [2.45, 2.75) is 37.7 Å². The van der Waals surface area contributed by atoms with Crippen LogP contribution in [0, 0.1) is 0 Å². The van der Waals surface area contributed by atoms with Gasteiger partial charge in [-0.3, -0.25) is 4.79 Å². The Hall–Kier alpha value is -3.75. The van der Waals surface area contributed by atoms with Crippen molar-refractivity contribution in [2.75, 3.05) is 13.1 Å². The summed E-state index contributed by atoms with van der Waals surface area (Å²) in [6, 6.07) is 17.1. The molecule has 4 rings (SSSR count). The largest absolute Gasteiger partial charge is 0.489 e. The number of piperidine rings is 1. The summed E-state index contributed by atoms with van der Waals surface area (Å²) in [6.45, 7) is 0.978. The number of halogens is 6. The van der Waals surface area contributed by atoms with Crippen molar-refractivity contribution < 1.29 is 35.9 Å². The standard InChI is InChI=1S/C29H25F6NO2/c30-28(31,32)24-10-7-21(8-11-24)19-38-26-6-1-3-20(17-26)9-12-27(37)36-15-13-22(14-16-36)23-4-2-5-25(18-23)29(33,34)35/h1-12,17-18,22H,13-16,19H2/b12-9+. The van der Waals surface area contributed by atoms with Gasteiger partial charge >= 0.3 is 12.4 Å². The van der Waals surface area contributed by atoms with E-state index in [2.05, 4.69) is 0 Å². The highest BCUT2D eigenvalue weighted by Gasteiger charge is 2.32. The first-order valence-electron chi connectivity index (χ1n) is 12.0. The highest BCUT2D eigenvalue weighted by molar-refractivity contribution is 5.91. The minimum Gasteiger partial charge on any atom is -0.489 e. The number of alkyl halides is 6. The van der Waals surface area contributed by atoms with Gasteiger partial charge in [-0.2, -0.15) is 26.3 Å². The summed E-state index contributed by atoms with van der Waals surface area (Å²) in [7, 11) is 0. The second-order valence-corrected chi connectivity index (χ2v) is 9.11. The van der Waals surface area contributed by atoms with E-state index in [9.17, 15) is 31.1 Å². The lowest BCUT2D eigenvalue weighted by molar-refractivity contribution is -0.138. The van der Waals surface area contributed by atoms with Gasteiger partial charge in [-0.05, 0) is 71.9 Å². The zero-order chi connectivity index (χ0) is 27.3. The number of benzene rings is 3. The maximum atomic E-state index is 13.0. The van der Waals surface area contributed by atoms with E-state index < -0.39 is 23.5 Å². The first-order chi connectivity index (χ1) is 18.0. The van der Waals surface area contributed by atoms with Crippen LogP contribution < -0.4 is 4.74 Å². The number of likely N-dealkylation sites (tertiary alicyclic amines) is 1. The number of carbonyl (C=O) groups is 1. The van der Waals surface area contributed by atoms with Crippen LogP contribution in [0.5, 0.6) is 5.75 Å². The summed E-state index contributed by atoms with van der Waals surface area (Å²) in [6.07, 6.45) is -4.54. The van der Waals surface area contributed by atoms with Crippen LogP contribution in [-0.4, -0.2) is 23.9 Å². The molecule has 0 radical (unpaired) electrons. The van der Waals surface area contributed by atoms with Gasteiger partial charge in [-0.15, -0.1) is 0 Å². The summed E-state index contributed by atoms with van der Waals surface area (Å²) >= 11 is 0. The molecule has 0 bridgehead atoms. The van der Waals surface area contributed by atoms with E-state index in [0.29, 0.717) is 48.4 Å². The second kappa shape index (κ2) is 11.3. The number of amides is 1. The Bertz CT molecular complexity index is 1270. The molecule has 9 heteroatoms. The minimum atomic E-state index is -4.39. The van der Waals surface area contributed by atoms with Gasteiger partial charge in [0, 0.05) is 19.2 Å². The zero-order valence-corrected chi connectivity index (χ0v) is 20.2. The monoisotopic (exact) mass is 533 g/mol. The number of ether oxygens (including phenoxy) is 1. The summed E-state index contributed by atoms with van der Waals surface area (Å²) < 4.78 is 82.8. The Labute approximate surface area is 216 Å². The third-order valence-electron chi connectivity index (χ3n) is 6.46. The number of hydrogen-bond acceptors (Lipinski definition) is 2. The molecule has 1 heterocycles. The van der Waals surface area contributed by atoms with E-state index in [1.54, 1.807) is 41.3 Å². The molecule has 0 N–H and O–H groups in total. The van der Waals surface area contributed by atoms with Crippen molar-refractivity contribution in [3.8, 4) is 5.75 Å². The Balaban J connectivity index is 1.29. The van der Waals surface area contributed by atoms with Crippen LogP contribution in [0.25, 0.3) is 6.08 Å². The molecular formula is C29H25F6NO2. The molecular weight excluding hydrogens is 508 g/mol. The van der Waals surface area contributed by atoms with Crippen LogP contribution in [0.4, 0.5) is 26.3 Å². The van der Waals surface area contributed by atoms with Gasteiger partial charge in [0.2, 0.25) is 5.91 Å². The molecule has 0 atom stereocenters. The van der Waals surface area contributed by atoms with E-state index in [-0.39, 0.29) is 18.4 Å². The molecule has 3 aromatic rings. The fourth-order valence-electron chi connectivity index (χ4n) is 4.34. The van der Waals surface area contributed by atoms with Gasteiger partial charge in [0.25, 0.3) is 0 Å². The van der Waals surface area contributed by atoms with Crippen LogP contribution in [-0.2, 0) is 23.8 Å².